The first-order chi connectivity index (χ1) is 16.7. The van der Waals surface area contributed by atoms with Gasteiger partial charge in [0.05, 0.1) is 11.0 Å². The van der Waals surface area contributed by atoms with Gasteiger partial charge >= 0.3 is 0 Å². The molecule has 5 rings (SSSR count). The van der Waals surface area contributed by atoms with Crippen molar-refractivity contribution in [2.24, 2.45) is 0 Å². The maximum atomic E-state index is 4.24. The number of rotatable bonds is 6. The summed E-state index contributed by atoms with van der Waals surface area (Å²) in [6.07, 6.45) is 12.4. The van der Waals surface area contributed by atoms with Crippen LogP contribution in [0.2, 0.25) is 0 Å². The second kappa shape index (κ2) is 9.25. The monoisotopic (exact) mass is 437 g/mol. The first-order valence-electron chi connectivity index (χ1n) is 11.6. The molecular formula is C33H27N. The van der Waals surface area contributed by atoms with E-state index in [1.165, 1.54) is 27.1 Å². The SMILES string of the molecule is C=C/C(=C\C=C/C)n1c2cc(/C=C/C(=C)c3ccccc3)ccc2c2ccc3ccccc3c21. The Hall–Kier alpha value is -4.36. The lowest BCUT2D eigenvalue weighted by Gasteiger charge is -2.10. The zero-order valence-corrected chi connectivity index (χ0v) is 19.4. The Bertz CT molecular complexity index is 1620. The smallest absolute Gasteiger partial charge is 0.0619 e. The molecule has 0 aliphatic heterocycles. The Kier molecular flexibility index (Phi) is 5.84. The second-order valence-corrected chi connectivity index (χ2v) is 8.34. The van der Waals surface area contributed by atoms with Gasteiger partial charge in [-0.05, 0) is 47.2 Å². The molecule has 1 nitrogen and oxygen atoms in total. The summed E-state index contributed by atoms with van der Waals surface area (Å²) >= 11 is 0. The Balaban J connectivity index is 1.75. The fraction of sp³-hybridized carbons (Fsp3) is 0.0303. The van der Waals surface area contributed by atoms with Crippen molar-refractivity contribution in [1.29, 1.82) is 0 Å². The van der Waals surface area contributed by atoms with Crippen LogP contribution in [0.4, 0.5) is 0 Å². The first-order valence-corrected chi connectivity index (χ1v) is 11.6. The summed E-state index contributed by atoms with van der Waals surface area (Å²) < 4.78 is 2.34. The van der Waals surface area contributed by atoms with Crippen molar-refractivity contribution < 1.29 is 0 Å². The average Bonchev–Trinajstić information content (AvgIpc) is 3.22. The number of benzene rings is 4. The average molecular weight is 438 g/mol. The molecule has 4 aromatic carbocycles. The predicted molar refractivity (Wildman–Crippen MR) is 151 cm³/mol. The van der Waals surface area contributed by atoms with Crippen molar-refractivity contribution in [3.8, 4) is 0 Å². The van der Waals surface area contributed by atoms with E-state index in [-0.39, 0.29) is 0 Å². The van der Waals surface area contributed by atoms with Gasteiger partial charge in [-0.1, -0.05) is 116 Å². The molecule has 0 bridgehead atoms. The molecule has 0 fully saturated rings. The summed E-state index contributed by atoms with van der Waals surface area (Å²) in [6, 6.07) is 29.9. The molecular weight excluding hydrogens is 410 g/mol. The summed E-state index contributed by atoms with van der Waals surface area (Å²) in [5.74, 6) is 0. The number of hydrogen-bond donors (Lipinski definition) is 0. The quantitative estimate of drug-likeness (QED) is 0.233. The zero-order valence-electron chi connectivity index (χ0n) is 19.4. The Morgan fingerprint density at radius 1 is 0.824 bits per heavy atom. The van der Waals surface area contributed by atoms with Crippen LogP contribution in [0.1, 0.15) is 18.1 Å². The van der Waals surface area contributed by atoms with Crippen LogP contribution < -0.4 is 0 Å². The predicted octanol–water partition coefficient (Wildman–Crippen LogP) is 9.28. The zero-order chi connectivity index (χ0) is 23.5. The van der Waals surface area contributed by atoms with E-state index < -0.39 is 0 Å². The van der Waals surface area contributed by atoms with Crippen molar-refractivity contribution in [2.75, 3.05) is 0 Å². The summed E-state index contributed by atoms with van der Waals surface area (Å²) in [5, 5.41) is 4.94. The highest BCUT2D eigenvalue weighted by atomic mass is 15.0. The number of fused-ring (bicyclic) bond motifs is 5. The van der Waals surface area contributed by atoms with Crippen LogP contribution in [0.3, 0.4) is 0 Å². The molecule has 1 heterocycles. The van der Waals surface area contributed by atoms with E-state index in [0.717, 1.165) is 27.9 Å². The largest absolute Gasteiger partial charge is 0.309 e. The van der Waals surface area contributed by atoms with E-state index in [1.807, 2.05) is 37.3 Å². The highest BCUT2D eigenvalue weighted by molar-refractivity contribution is 6.19. The fourth-order valence-electron chi connectivity index (χ4n) is 4.54. The minimum atomic E-state index is 0.993. The molecule has 0 saturated carbocycles. The normalized spacial score (nSPS) is 12.4. The molecule has 0 saturated heterocycles. The van der Waals surface area contributed by atoms with Crippen LogP contribution in [-0.2, 0) is 0 Å². The van der Waals surface area contributed by atoms with Gasteiger partial charge in [0.15, 0.2) is 0 Å². The van der Waals surface area contributed by atoms with Gasteiger partial charge < -0.3 is 4.57 Å². The van der Waals surface area contributed by atoms with Crippen molar-refractivity contribution in [1.82, 2.24) is 4.57 Å². The van der Waals surface area contributed by atoms with Crippen LogP contribution in [0.15, 0.2) is 128 Å². The molecule has 0 amide bonds. The number of nitrogens with zero attached hydrogens (tertiary/aromatic N) is 1. The Morgan fingerprint density at radius 2 is 1.59 bits per heavy atom. The third-order valence-electron chi connectivity index (χ3n) is 6.23. The van der Waals surface area contributed by atoms with Gasteiger partial charge in [-0.2, -0.15) is 0 Å². The summed E-state index contributed by atoms with van der Waals surface area (Å²) in [6.45, 7) is 10.4. The molecule has 0 atom stereocenters. The summed E-state index contributed by atoms with van der Waals surface area (Å²) in [7, 11) is 0. The lowest BCUT2D eigenvalue weighted by atomic mass is 10.0. The standard InChI is InChI=1S/C33H27N/c1-4-6-15-28(5-2)34-32-23-25(18-17-24(3)26-12-8-7-9-13-26)19-21-30(32)31-22-20-27-14-10-11-16-29(27)33(31)34/h4-23H,2-3H2,1H3/b6-4-,18-17+,28-15+. The van der Waals surface area contributed by atoms with Crippen LogP contribution in [0, 0.1) is 0 Å². The number of hydrogen-bond acceptors (Lipinski definition) is 0. The highest BCUT2D eigenvalue weighted by Crippen LogP contribution is 2.37. The second-order valence-electron chi connectivity index (χ2n) is 8.34. The molecule has 5 aromatic rings. The minimum absolute atomic E-state index is 0.993. The third-order valence-corrected chi connectivity index (χ3v) is 6.23. The lowest BCUT2D eigenvalue weighted by Crippen LogP contribution is -1.95. The minimum Gasteiger partial charge on any atom is -0.309 e. The molecule has 0 unspecified atom stereocenters. The highest BCUT2D eigenvalue weighted by Gasteiger charge is 2.15. The maximum Gasteiger partial charge on any atom is 0.0619 e. The molecule has 0 aliphatic carbocycles. The molecule has 34 heavy (non-hydrogen) atoms. The van der Waals surface area contributed by atoms with E-state index in [4.69, 9.17) is 0 Å². The van der Waals surface area contributed by atoms with Crippen LogP contribution in [-0.4, -0.2) is 4.57 Å². The first kappa shape index (κ1) is 21.5. The van der Waals surface area contributed by atoms with Gasteiger partial charge in [-0.3, -0.25) is 0 Å². The number of allylic oxidation sites excluding steroid dienone is 7. The van der Waals surface area contributed by atoms with Gasteiger partial charge in [-0.25, -0.2) is 0 Å². The third kappa shape index (κ3) is 3.82. The summed E-state index contributed by atoms with van der Waals surface area (Å²) in [4.78, 5) is 0. The lowest BCUT2D eigenvalue weighted by molar-refractivity contribution is 1.25. The van der Waals surface area contributed by atoms with Gasteiger partial charge in [-0.15, -0.1) is 0 Å². The van der Waals surface area contributed by atoms with Crippen LogP contribution in [0.5, 0.6) is 0 Å². The van der Waals surface area contributed by atoms with Crippen molar-refractivity contribution in [3.63, 3.8) is 0 Å². The summed E-state index contributed by atoms with van der Waals surface area (Å²) in [5.41, 5.74) is 6.67. The molecule has 1 aromatic heterocycles. The van der Waals surface area contributed by atoms with E-state index >= 15 is 0 Å². The van der Waals surface area contributed by atoms with Gasteiger partial charge in [0.25, 0.3) is 0 Å². The number of aromatic nitrogens is 1. The fourth-order valence-corrected chi connectivity index (χ4v) is 4.54. The Morgan fingerprint density at radius 3 is 2.38 bits per heavy atom. The van der Waals surface area contributed by atoms with Gasteiger partial charge in [0.2, 0.25) is 0 Å². The molecule has 0 spiro atoms. The topological polar surface area (TPSA) is 4.93 Å². The molecule has 1 heteroatoms. The molecule has 0 N–H and O–H groups in total. The van der Waals surface area contributed by atoms with Gasteiger partial charge in [0, 0.05) is 21.9 Å². The van der Waals surface area contributed by atoms with Crippen LogP contribution in [0.25, 0.3) is 49.9 Å². The molecule has 0 aliphatic rings. The molecule has 164 valence electrons. The van der Waals surface area contributed by atoms with Crippen molar-refractivity contribution in [3.05, 3.63) is 140 Å². The van der Waals surface area contributed by atoms with E-state index in [2.05, 4.69) is 109 Å². The van der Waals surface area contributed by atoms with Gasteiger partial charge in [0.1, 0.15) is 0 Å². The van der Waals surface area contributed by atoms with E-state index in [1.54, 1.807) is 0 Å². The maximum absolute atomic E-state index is 4.24. The molecule has 0 radical (unpaired) electrons. The van der Waals surface area contributed by atoms with E-state index in [9.17, 15) is 0 Å². The van der Waals surface area contributed by atoms with Crippen LogP contribution >= 0.6 is 0 Å². The Labute approximate surface area is 201 Å². The van der Waals surface area contributed by atoms with E-state index in [0.29, 0.717) is 0 Å². The van der Waals surface area contributed by atoms with Crippen molar-refractivity contribution >= 4 is 49.9 Å². The van der Waals surface area contributed by atoms with Crippen molar-refractivity contribution in [2.45, 2.75) is 6.92 Å².